The number of ether oxygens (including phenoxy) is 1. The average molecular weight is 427 g/mol. The predicted octanol–water partition coefficient (Wildman–Crippen LogP) is 0.824. The summed E-state index contributed by atoms with van der Waals surface area (Å²) in [5.74, 6) is -0.751. The van der Waals surface area contributed by atoms with Gasteiger partial charge in [0.2, 0.25) is 11.8 Å². The number of imide groups is 1. The van der Waals surface area contributed by atoms with Gasteiger partial charge in [-0.1, -0.05) is 18.2 Å². The Morgan fingerprint density at radius 3 is 2.77 bits per heavy atom. The Bertz CT molecular complexity index is 901. The van der Waals surface area contributed by atoms with Gasteiger partial charge < -0.3 is 20.7 Å². The van der Waals surface area contributed by atoms with E-state index in [1.807, 2.05) is 18.2 Å². The highest BCUT2D eigenvalue weighted by molar-refractivity contribution is 6.05. The van der Waals surface area contributed by atoms with Gasteiger partial charge in [-0.05, 0) is 48.6 Å². The summed E-state index contributed by atoms with van der Waals surface area (Å²) in [7, 11) is 0. The molecule has 0 radical (unpaired) electrons. The van der Waals surface area contributed by atoms with Crippen molar-refractivity contribution < 1.29 is 19.1 Å². The molecule has 2 unspecified atom stereocenters. The van der Waals surface area contributed by atoms with Crippen LogP contribution < -0.4 is 16.4 Å². The standard InChI is InChI=1S/C23H30N4O4/c24-10-17-6-7-23(13-31-17)8-16(9-23)25-11-14-2-1-3-15-12-27(22(30)20(14)15)18-4-5-19(28)26-21(18)29/h1-3,16-18,25H,4-13,24H2,(H,26,28,29). The molecule has 2 saturated heterocycles. The average Bonchev–Trinajstić information content (AvgIpc) is 3.08. The van der Waals surface area contributed by atoms with Crippen molar-refractivity contribution >= 4 is 17.7 Å². The number of carbonyl (C=O) groups excluding carboxylic acids is 3. The molecule has 5 rings (SSSR count). The number of nitrogens with zero attached hydrogens (tertiary/aromatic N) is 1. The van der Waals surface area contributed by atoms with Crippen molar-refractivity contribution in [1.82, 2.24) is 15.5 Å². The Morgan fingerprint density at radius 1 is 1.23 bits per heavy atom. The van der Waals surface area contributed by atoms with Gasteiger partial charge in [0.25, 0.3) is 5.91 Å². The first-order chi connectivity index (χ1) is 15.0. The van der Waals surface area contributed by atoms with Crippen LogP contribution in [0.3, 0.4) is 0 Å². The van der Waals surface area contributed by atoms with Crippen molar-refractivity contribution in [3.8, 4) is 0 Å². The summed E-state index contributed by atoms with van der Waals surface area (Å²) in [6, 6.07) is 5.77. The van der Waals surface area contributed by atoms with Gasteiger partial charge in [-0.15, -0.1) is 0 Å². The van der Waals surface area contributed by atoms with Gasteiger partial charge >= 0.3 is 0 Å². The molecule has 0 bridgehead atoms. The van der Waals surface area contributed by atoms with Crippen LogP contribution in [-0.4, -0.2) is 54.0 Å². The van der Waals surface area contributed by atoms with Crippen molar-refractivity contribution in [1.29, 1.82) is 0 Å². The summed E-state index contributed by atoms with van der Waals surface area (Å²) in [6.07, 6.45) is 5.26. The van der Waals surface area contributed by atoms with Gasteiger partial charge in [-0.3, -0.25) is 19.7 Å². The number of hydrogen-bond donors (Lipinski definition) is 3. The van der Waals surface area contributed by atoms with E-state index < -0.39 is 6.04 Å². The lowest BCUT2D eigenvalue weighted by atomic mass is 9.62. The number of fused-ring (bicyclic) bond motifs is 1. The molecule has 1 spiro atoms. The van der Waals surface area contributed by atoms with Crippen molar-refractivity contribution in [2.24, 2.45) is 11.1 Å². The molecule has 3 aliphatic heterocycles. The first kappa shape index (κ1) is 20.6. The van der Waals surface area contributed by atoms with Crippen LogP contribution in [0.2, 0.25) is 0 Å². The topological polar surface area (TPSA) is 114 Å². The van der Waals surface area contributed by atoms with E-state index in [1.165, 1.54) is 6.42 Å². The van der Waals surface area contributed by atoms with E-state index in [9.17, 15) is 14.4 Å². The van der Waals surface area contributed by atoms with Crippen LogP contribution in [0, 0.1) is 5.41 Å². The van der Waals surface area contributed by atoms with Crippen LogP contribution in [0.5, 0.6) is 0 Å². The minimum atomic E-state index is -0.575. The monoisotopic (exact) mass is 426 g/mol. The van der Waals surface area contributed by atoms with Crippen LogP contribution in [0.15, 0.2) is 18.2 Å². The van der Waals surface area contributed by atoms with Crippen LogP contribution in [0.25, 0.3) is 0 Å². The molecule has 4 N–H and O–H groups in total. The Hall–Kier alpha value is -2.29. The number of benzene rings is 1. The smallest absolute Gasteiger partial charge is 0.255 e. The number of nitrogens with two attached hydrogens (primary N) is 1. The minimum Gasteiger partial charge on any atom is -0.376 e. The zero-order valence-electron chi connectivity index (χ0n) is 17.7. The zero-order valence-corrected chi connectivity index (χ0v) is 17.7. The lowest BCUT2D eigenvalue weighted by Gasteiger charge is -2.51. The van der Waals surface area contributed by atoms with Gasteiger partial charge in [-0.2, -0.15) is 0 Å². The number of amides is 3. The molecular weight excluding hydrogens is 396 g/mol. The zero-order chi connectivity index (χ0) is 21.6. The fourth-order valence-electron chi connectivity index (χ4n) is 5.65. The summed E-state index contributed by atoms with van der Waals surface area (Å²) in [5, 5.41) is 5.97. The van der Waals surface area contributed by atoms with Crippen molar-refractivity contribution in [2.75, 3.05) is 13.2 Å². The van der Waals surface area contributed by atoms with Gasteiger partial charge in [-0.25, -0.2) is 0 Å². The number of hydrogen-bond acceptors (Lipinski definition) is 6. The molecule has 2 atom stereocenters. The van der Waals surface area contributed by atoms with E-state index >= 15 is 0 Å². The second-order valence-corrected chi connectivity index (χ2v) is 9.54. The minimum absolute atomic E-state index is 0.111. The second kappa shape index (κ2) is 8.00. The van der Waals surface area contributed by atoms with Gasteiger partial charge in [0, 0.05) is 37.7 Å². The molecule has 8 nitrogen and oxygen atoms in total. The van der Waals surface area contributed by atoms with E-state index in [1.54, 1.807) is 4.90 Å². The first-order valence-corrected chi connectivity index (χ1v) is 11.3. The molecular formula is C23H30N4O4. The third-order valence-corrected chi connectivity index (χ3v) is 7.46. The van der Waals surface area contributed by atoms with E-state index in [2.05, 4.69) is 10.6 Å². The SMILES string of the molecule is NCC1CCC2(CO1)CC(NCc1cccc3c1C(=O)N(C1CCC(=O)NC1=O)C3)C2. The molecule has 3 heterocycles. The maximum absolute atomic E-state index is 13.2. The molecule has 3 amide bonds. The molecule has 3 fully saturated rings. The van der Waals surface area contributed by atoms with E-state index in [-0.39, 0.29) is 30.2 Å². The van der Waals surface area contributed by atoms with Gasteiger partial charge in [0.1, 0.15) is 6.04 Å². The maximum Gasteiger partial charge on any atom is 0.255 e. The fourth-order valence-corrected chi connectivity index (χ4v) is 5.65. The van der Waals surface area contributed by atoms with Crippen LogP contribution >= 0.6 is 0 Å². The summed E-state index contributed by atoms with van der Waals surface area (Å²) >= 11 is 0. The lowest BCUT2D eigenvalue weighted by Crippen LogP contribution is -2.54. The Morgan fingerprint density at radius 2 is 2.06 bits per heavy atom. The van der Waals surface area contributed by atoms with E-state index in [0.717, 1.165) is 37.0 Å². The summed E-state index contributed by atoms with van der Waals surface area (Å²) < 4.78 is 5.90. The van der Waals surface area contributed by atoms with Crippen LogP contribution in [-0.2, 0) is 27.4 Å². The molecule has 1 aromatic rings. The molecule has 1 aliphatic carbocycles. The van der Waals surface area contributed by atoms with E-state index in [0.29, 0.717) is 43.1 Å². The molecule has 0 aromatic heterocycles. The van der Waals surface area contributed by atoms with E-state index in [4.69, 9.17) is 10.5 Å². The van der Waals surface area contributed by atoms with Crippen LogP contribution in [0.4, 0.5) is 0 Å². The highest BCUT2D eigenvalue weighted by atomic mass is 16.5. The highest BCUT2D eigenvalue weighted by Gasteiger charge is 2.46. The van der Waals surface area contributed by atoms with Gasteiger partial charge in [0.05, 0.1) is 12.7 Å². The Labute approximate surface area is 181 Å². The first-order valence-electron chi connectivity index (χ1n) is 11.3. The van der Waals surface area contributed by atoms with Crippen molar-refractivity contribution in [2.45, 2.75) is 69.8 Å². The molecule has 1 saturated carbocycles. The number of carbonyl (C=O) groups is 3. The number of nitrogens with one attached hydrogen (secondary N) is 2. The van der Waals surface area contributed by atoms with Gasteiger partial charge in [0.15, 0.2) is 0 Å². The summed E-state index contributed by atoms with van der Waals surface area (Å²) in [4.78, 5) is 38.5. The highest BCUT2D eigenvalue weighted by Crippen LogP contribution is 2.48. The lowest BCUT2D eigenvalue weighted by molar-refractivity contribution is -0.136. The normalized spacial score (nSPS) is 32.7. The number of piperidine rings is 1. The maximum atomic E-state index is 13.2. The molecule has 31 heavy (non-hydrogen) atoms. The Kier molecular flexibility index (Phi) is 5.32. The number of rotatable bonds is 5. The molecule has 1 aromatic carbocycles. The molecule has 4 aliphatic rings. The molecule has 166 valence electrons. The van der Waals surface area contributed by atoms with Crippen molar-refractivity contribution in [3.05, 3.63) is 34.9 Å². The predicted molar refractivity (Wildman–Crippen MR) is 113 cm³/mol. The van der Waals surface area contributed by atoms with Crippen molar-refractivity contribution in [3.63, 3.8) is 0 Å². The third-order valence-electron chi connectivity index (χ3n) is 7.46. The summed E-state index contributed by atoms with van der Waals surface area (Å²) in [5.41, 5.74) is 8.64. The fraction of sp³-hybridized carbons (Fsp3) is 0.609. The quantitative estimate of drug-likeness (QED) is 0.601. The van der Waals surface area contributed by atoms with Crippen LogP contribution in [0.1, 0.15) is 60.0 Å². The summed E-state index contributed by atoms with van der Waals surface area (Å²) in [6.45, 7) is 2.44. The Balaban J connectivity index is 1.20. The molecule has 8 heteroatoms. The largest absolute Gasteiger partial charge is 0.376 e. The second-order valence-electron chi connectivity index (χ2n) is 9.54. The third kappa shape index (κ3) is 3.77.